The summed E-state index contributed by atoms with van der Waals surface area (Å²) in [6.45, 7) is 5.57. The molecule has 2 unspecified atom stereocenters. The van der Waals surface area contributed by atoms with Gasteiger partial charge in [0, 0.05) is 13.7 Å². The second-order valence-electron chi connectivity index (χ2n) is 4.30. The fraction of sp³-hybridized carbons (Fsp3) is 0.571. The highest BCUT2D eigenvalue weighted by Gasteiger charge is 2.16. The SMILES string of the molecule is CNCC(OC(C)COC)c1ccccc1C. The van der Waals surface area contributed by atoms with E-state index in [1.54, 1.807) is 7.11 Å². The number of nitrogens with one attached hydrogen (secondary N) is 1. The number of hydrogen-bond acceptors (Lipinski definition) is 3. The molecular formula is C14H23NO2. The molecule has 1 rings (SSSR count). The molecule has 17 heavy (non-hydrogen) atoms. The molecule has 1 aromatic carbocycles. The summed E-state index contributed by atoms with van der Waals surface area (Å²) in [5, 5.41) is 3.18. The zero-order valence-corrected chi connectivity index (χ0v) is 11.2. The van der Waals surface area contributed by atoms with Crippen molar-refractivity contribution in [3.05, 3.63) is 35.4 Å². The maximum absolute atomic E-state index is 6.01. The van der Waals surface area contributed by atoms with Crippen molar-refractivity contribution >= 4 is 0 Å². The Labute approximate surface area is 104 Å². The minimum absolute atomic E-state index is 0.0753. The van der Waals surface area contributed by atoms with Crippen LogP contribution < -0.4 is 5.32 Å². The van der Waals surface area contributed by atoms with Gasteiger partial charge in [0.05, 0.1) is 18.8 Å². The van der Waals surface area contributed by atoms with Crippen molar-refractivity contribution < 1.29 is 9.47 Å². The lowest BCUT2D eigenvalue weighted by atomic mass is 10.0. The minimum Gasteiger partial charge on any atom is -0.382 e. The van der Waals surface area contributed by atoms with E-state index in [0.717, 1.165) is 6.54 Å². The summed E-state index contributed by atoms with van der Waals surface area (Å²) >= 11 is 0. The van der Waals surface area contributed by atoms with Crippen LogP contribution in [0.1, 0.15) is 24.2 Å². The van der Waals surface area contributed by atoms with Crippen LogP contribution in [0.15, 0.2) is 24.3 Å². The fourth-order valence-corrected chi connectivity index (χ4v) is 1.92. The second kappa shape index (κ2) is 7.43. The maximum atomic E-state index is 6.01. The minimum atomic E-state index is 0.0753. The molecule has 0 spiro atoms. The van der Waals surface area contributed by atoms with E-state index in [9.17, 15) is 0 Å². The van der Waals surface area contributed by atoms with Gasteiger partial charge in [-0.1, -0.05) is 24.3 Å². The molecule has 0 fully saturated rings. The molecule has 3 heteroatoms. The van der Waals surface area contributed by atoms with Gasteiger partial charge >= 0.3 is 0 Å². The molecule has 0 amide bonds. The highest BCUT2D eigenvalue weighted by Crippen LogP contribution is 2.22. The van der Waals surface area contributed by atoms with Gasteiger partial charge in [-0.05, 0) is 32.0 Å². The predicted molar refractivity (Wildman–Crippen MR) is 70.3 cm³/mol. The second-order valence-corrected chi connectivity index (χ2v) is 4.30. The number of hydrogen-bond donors (Lipinski definition) is 1. The van der Waals surface area contributed by atoms with Crippen LogP contribution in [-0.4, -0.2) is 33.4 Å². The normalized spacial score (nSPS) is 14.6. The van der Waals surface area contributed by atoms with Gasteiger partial charge in [-0.3, -0.25) is 0 Å². The van der Waals surface area contributed by atoms with Gasteiger partial charge in [0.25, 0.3) is 0 Å². The topological polar surface area (TPSA) is 30.5 Å². The van der Waals surface area contributed by atoms with E-state index in [4.69, 9.17) is 9.47 Å². The number of ether oxygens (including phenoxy) is 2. The Bertz CT molecular complexity index is 328. The molecule has 0 aliphatic carbocycles. The van der Waals surface area contributed by atoms with E-state index >= 15 is 0 Å². The van der Waals surface area contributed by atoms with E-state index < -0.39 is 0 Å². The molecule has 1 N–H and O–H groups in total. The van der Waals surface area contributed by atoms with Gasteiger partial charge < -0.3 is 14.8 Å². The summed E-state index contributed by atoms with van der Waals surface area (Å²) in [5.41, 5.74) is 2.50. The average Bonchev–Trinajstić information content (AvgIpc) is 2.29. The molecule has 0 aliphatic heterocycles. The quantitative estimate of drug-likeness (QED) is 0.789. The average molecular weight is 237 g/mol. The van der Waals surface area contributed by atoms with Gasteiger partial charge in [0.15, 0.2) is 0 Å². The summed E-state index contributed by atoms with van der Waals surface area (Å²) < 4.78 is 11.1. The lowest BCUT2D eigenvalue weighted by Crippen LogP contribution is -2.26. The Kier molecular flexibility index (Phi) is 6.19. The van der Waals surface area contributed by atoms with Crippen molar-refractivity contribution in [2.45, 2.75) is 26.1 Å². The number of benzene rings is 1. The van der Waals surface area contributed by atoms with Crippen LogP contribution >= 0.6 is 0 Å². The highest BCUT2D eigenvalue weighted by atomic mass is 16.5. The largest absolute Gasteiger partial charge is 0.382 e. The summed E-state index contributed by atoms with van der Waals surface area (Å²) in [5.74, 6) is 0. The molecule has 0 saturated carbocycles. The van der Waals surface area contributed by atoms with Crippen LogP contribution in [-0.2, 0) is 9.47 Å². The van der Waals surface area contributed by atoms with E-state index in [2.05, 4.69) is 30.4 Å². The van der Waals surface area contributed by atoms with E-state index in [1.807, 2.05) is 20.0 Å². The van der Waals surface area contributed by atoms with Crippen LogP contribution in [0.5, 0.6) is 0 Å². The van der Waals surface area contributed by atoms with Crippen molar-refractivity contribution in [2.75, 3.05) is 27.3 Å². The first-order valence-corrected chi connectivity index (χ1v) is 6.03. The van der Waals surface area contributed by atoms with Crippen LogP contribution in [0.3, 0.4) is 0 Å². The highest BCUT2D eigenvalue weighted by molar-refractivity contribution is 5.28. The van der Waals surface area contributed by atoms with Gasteiger partial charge in [-0.15, -0.1) is 0 Å². The van der Waals surface area contributed by atoms with Crippen LogP contribution in [0.2, 0.25) is 0 Å². The summed E-state index contributed by atoms with van der Waals surface area (Å²) in [7, 11) is 3.64. The van der Waals surface area contributed by atoms with Crippen molar-refractivity contribution in [1.29, 1.82) is 0 Å². The molecule has 3 nitrogen and oxygen atoms in total. The molecule has 1 aromatic rings. The van der Waals surface area contributed by atoms with E-state index in [1.165, 1.54) is 11.1 Å². The molecule has 0 heterocycles. The van der Waals surface area contributed by atoms with Gasteiger partial charge in [0.1, 0.15) is 0 Å². The molecule has 96 valence electrons. The third kappa shape index (κ3) is 4.46. The van der Waals surface area contributed by atoms with E-state index in [0.29, 0.717) is 6.61 Å². The number of likely N-dealkylation sites (N-methyl/N-ethyl adjacent to an activating group) is 1. The lowest BCUT2D eigenvalue weighted by molar-refractivity contribution is -0.0389. The summed E-state index contributed by atoms with van der Waals surface area (Å²) in [4.78, 5) is 0. The van der Waals surface area contributed by atoms with Gasteiger partial charge in [-0.25, -0.2) is 0 Å². The van der Waals surface area contributed by atoms with Crippen molar-refractivity contribution in [1.82, 2.24) is 5.32 Å². The monoisotopic (exact) mass is 237 g/mol. The van der Waals surface area contributed by atoms with Crippen molar-refractivity contribution in [3.63, 3.8) is 0 Å². The smallest absolute Gasteiger partial charge is 0.0956 e. The van der Waals surface area contributed by atoms with Gasteiger partial charge in [-0.2, -0.15) is 0 Å². The molecule has 0 aromatic heterocycles. The Morgan fingerprint density at radius 2 is 2.00 bits per heavy atom. The third-order valence-electron chi connectivity index (χ3n) is 2.72. The Balaban J connectivity index is 2.75. The van der Waals surface area contributed by atoms with Crippen molar-refractivity contribution in [2.24, 2.45) is 0 Å². The first kappa shape index (κ1) is 14.2. The van der Waals surface area contributed by atoms with Crippen molar-refractivity contribution in [3.8, 4) is 0 Å². The summed E-state index contributed by atoms with van der Waals surface area (Å²) in [6, 6.07) is 8.34. The third-order valence-corrected chi connectivity index (χ3v) is 2.72. The zero-order chi connectivity index (χ0) is 12.7. The summed E-state index contributed by atoms with van der Waals surface area (Å²) in [6.07, 6.45) is 0.171. The first-order valence-electron chi connectivity index (χ1n) is 6.03. The predicted octanol–water partition coefficient (Wildman–Crippen LogP) is 2.31. The number of methoxy groups -OCH3 is 1. The van der Waals surface area contributed by atoms with Crippen LogP contribution in [0, 0.1) is 6.92 Å². The molecular weight excluding hydrogens is 214 g/mol. The lowest BCUT2D eigenvalue weighted by Gasteiger charge is -2.23. The molecule has 0 radical (unpaired) electrons. The molecule has 2 atom stereocenters. The first-order chi connectivity index (χ1) is 8.19. The maximum Gasteiger partial charge on any atom is 0.0956 e. The Morgan fingerprint density at radius 3 is 2.59 bits per heavy atom. The number of rotatable bonds is 7. The molecule has 0 bridgehead atoms. The molecule has 0 aliphatic rings. The Morgan fingerprint density at radius 1 is 1.29 bits per heavy atom. The number of aryl methyl sites for hydroxylation is 1. The van der Waals surface area contributed by atoms with E-state index in [-0.39, 0.29) is 12.2 Å². The standard InChI is InChI=1S/C14H23NO2/c1-11-7-5-6-8-13(11)14(9-15-3)17-12(2)10-16-4/h5-8,12,14-15H,9-10H2,1-4H3. The Hall–Kier alpha value is -0.900. The van der Waals surface area contributed by atoms with Crippen LogP contribution in [0.25, 0.3) is 0 Å². The fourth-order valence-electron chi connectivity index (χ4n) is 1.92. The van der Waals surface area contributed by atoms with Crippen LogP contribution in [0.4, 0.5) is 0 Å². The van der Waals surface area contributed by atoms with Gasteiger partial charge in [0.2, 0.25) is 0 Å². The molecule has 0 saturated heterocycles. The zero-order valence-electron chi connectivity index (χ0n) is 11.2.